The number of halogens is 4. The van der Waals surface area contributed by atoms with Crippen molar-refractivity contribution in [2.75, 3.05) is 5.73 Å². The van der Waals surface area contributed by atoms with Crippen molar-refractivity contribution in [3.63, 3.8) is 0 Å². The molecule has 0 radical (unpaired) electrons. The van der Waals surface area contributed by atoms with E-state index >= 15 is 0 Å². The number of benzene rings is 2. The number of para-hydroxylation sites is 1. The number of hydrogen-bond acceptors (Lipinski definition) is 2. The van der Waals surface area contributed by atoms with Gasteiger partial charge in [0.1, 0.15) is 17.1 Å². The van der Waals surface area contributed by atoms with Gasteiger partial charge in [-0.1, -0.05) is 12.1 Å². The minimum Gasteiger partial charge on any atom is -0.456 e. The van der Waals surface area contributed by atoms with Gasteiger partial charge in [-0.05, 0) is 46.3 Å². The Morgan fingerprint density at radius 2 is 1.68 bits per heavy atom. The van der Waals surface area contributed by atoms with Crippen LogP contribution in [0.1, 0.15) is 5.56 Å². The molecule has 0 amide bonds. The molecule has 0 heterocycles. The summed E-state index contributed by atoms with van der Waals surface area (Å²) < 4.78 is 44.5. The number of ether oxygens (including phenoxy) is 1. The molecule has 0 saturated carbocycles. The number of rotatable bonds is 2. The molecule has 0 fully saturated rings. The fraction of sp³-hybridized carbons (Fsp3) is 0.0769. The summed E-state index contributed by atoms with van der Waals surface area (Å²) in [5, 5.41) is 0. The summed E-state index contributed by atoms with van der Waals surface area (Å²) >= 11 is 3.21. The van der Waals surface area contributed by atoms with Crippen LogP contribution in [0.2, 0.25) is 0 Å². The van der Waals surface area contributed by atoms with E-state index < -0.39 is 11.7 Å². The standard InChI is InChI=1S/C13H9BrF3NO/c14-10-3-1-2-4-12(10)19-11-6-5-8(18)7-9(11)13(15,16)17/h1-7H,18H2. The SMILES string of the molecule is Nc1ccc(Oc2ccccc2Br)c(C(F)(F)F)c1. The zero-order chi connectivity index (χ0) is 14.0. The molecule has 100 valence electrons. The molecule has 2 rings (SSSR count). The van der Waals surface area contributed by atoms with E-state index in [9.17, 15) is 13.2 Å². The van der Waals surface area contributed by atoms with E-state index in [1.165, 1.54) is 12.1 Å². The van der Waals surface area contributed by atoms with Gasteiger partial charge >= 0.3 is 6.18 Å². The van der Waals surface area contributed by atoms with Gasteiger partial charge in [0.05, 0.1) is 4.47 Å². The number of alkyl halides is 3. The number of hydrogen-bond donors (Lipinski definition) is 1. The van der Waals surface area contributed by atoms with Crippen molar-refractivity contribution in [1.82, 2.24) is 0 Å². The maximum absolute atomic E-state index is 12.9. The Bertz CT molecular complexity index is 599. The second-order valence-corrected chi connectivity index (χ2v) is 4.64. The van der Waals surface area contributed by atoms with Crippen molar-refractivity contribution in [2.24, 2.45) is 0 Å². The predicted octanol–water partition coefficient (Wildman–Crippen LogP) is 4.84. The normalized spacial score (nSPS) is 11.4. The van der Waals surface area contributed by atoms with Gasteiger partial charge in [0.25, 0.3) is 0 Å². The largest absolute Gasteiger partial charge is 0.456 e. The van der Waals surface area contributed by atoms with Gasteiger partial charge in [-0.3, -0.25) is 0 Å². The lowest BCUT2D eigenvalue weighted by atomic mass is 10.1. The molecule has 6 heteroatoms. The molecule has 0 bridgehead atoms. The van der Waals surface area contributed by atoms with Crippen LogP contribution in [0.5, 0.6) is 11.5 Å². The number of nitrogens with two attached hydrogens (primary N) is 1. The fourth-order valence-corrected chi connectivity index (χ4v) is 1.87. The lowest BCUT2D eigenvalue weighted by molar-refractivity contribution is -0.138. The fourth-order valence-electron chi connectivity index (χ4n) is 1.50. The molecule has 2 N–H and O–H groups in total. The Morgan fingerprint density at radius 3 is 2.32 bits per heavy atom. The molecule has 0 aromatic heterocycles. The van der Waals surface area contributed by atoms with Gasteiger partial charge in [0, 0.05) is 5.69 Å². The first-order valence-electron chi connectivity index (χ1n) is 5.27. The summed E-state index contributed by atoms with van der Waals surface area (Å²) in [6.45, 7) is 0. The zero-order valence-electron chi connectivity index (χ0n) is 9.54. The Balaban J connectivity index is 2.44. The maximum atomic E-state index is 12.9. The van der Waals surface area contributed by atoms with Crippen molar-refractivity contribution in [1.29, 1.82) is 0 Å². The van der Waals surface area contributed by atoms with Gasteiger partial charge < -0.3 is 10.5 Å². The van der Waals surface area contributed by atoms with Crippen LogP contribution in [0.25, 0.3) is 0 Å². The average Bonchev–Trinajstić information content (AvgIpc) is 2.33. The summed E-state index contributed by atoms with van der Waals surface area (Å²) in [4.78, 5) is 0. The molecule has 0 saturated heterocycles. The van der Waals surface area contributed by atoms with E-state index in [-0.39, 0.29) is 11.4 Å². The molecule has 0 unspecified atom stereocenters. The van der Waals surface area contributed by atoms with E-state index in [2.05, 4.69) is 15.9 Å². The smallest absolute Gasteiger partial charge is 0.420 e. The zero-order valence-corrected chi connectivity index (χ0v) is 11.1. The topological polar surface area (TPSA) is 35.2 Å². The third kappa shape index (κ3) is 3.20. The highest BCUT2D eigenvalue weighted by Crippen LogP contribution is 2.40. The third-order valence-electron chi connectivity index (χ3n) is 2.37. The molecule has 0 aliphatic rings. The van der Waals surface area contributed by atoms with Gasteiger partial charge in [0.2, 0.25) is 0 Å². The highest BCUT2D eigenvalue weighted by atomic mass is 79.9. The highest BCUT2D eigenvalue weighted by Gasteiger charge is 2.34. The van der Waals surface area contributed by atoms with Gasteiger partial charge in [-0.25, -0.2) is 0 Å². The lowest BCUT2D eigenvalue weighted by Crippen LogP contribution is -2.08. The summed E-state index contributed by atoms with van der Waals surface area (Å²) in [6, 6.07) is 10.1. The van der Waals surface area contributed by atoms with Gasteiger partial charge in [-0.15, -0.1) is 0 Å². The first kappa shape index (κ1) is 13.7. The highest BCUT2D eigenvalue weighted by molar-refractivity contribution is 9.10. The molecular weight excluding hydrogens is 323 g/mol. The minimum atomic E-state index is -4.52. The van der Waals surface area contributed by atoms with Gasteiger partial charge in [0.15, 0.2) is 0 Å². The second kappa shape index (κ2) is 5.13. The van der Waals surface area contributed by atoms with Crippen LogP contribution < -0.4 is 10.5 Å². The van der Waals surface area contributed by atoms with Crippen LogP contribution in [-0.4, -0.2) is 0 Å². The quantitative estimate of drug-likeness (QED) is 0.799. The van der Waals surface area contributed by atoms with E-state index in [1.54, 1.807) is 24.3 Å². The van der Waals surface area contributed by atoms with Crippen LogP contribution >= 0.6 is 15.9 Å². The molecule has 0 aliphatic carbocycles. The molecule has 0 aliphatic heterocycles. The van der Waals surface area contributed by atoms with Crippen LogP contribution in [0.3, 0.4) is 0 Å². The summed E-state index contributed by atoms with van der Waals surface area (Å²) in [5.74, 6) is 0.0198. The number of anilines is 1. The first-order chi connectivity index (χ1) is 8.88. The first-order valence-corrected chi connectivity index (χ1v) is 6.06. The number of nitrogen functional groups attached to an aromatic ring is 1. The maximum Gasteiger partial charge on any atom is 0.420 e. The van der Waals surface area contributed by atoms with E-state index in [1.807, 2.05) is 0 Å². The average molecular weight is 332 g/mol. The Hall–Kier alpha value is -1.69. The van der Waals surface area contributed by atoms with Crippen molar-refractivity contribution in [2.45, 2.75) is 6.18 Å². The third-order valence-corrected chi connectivity index (χ3v) is 3.02. The minimum absolute atomic E-state index is 0.0341. The molecule has 2 aromatic rings. The predicted molar refractivity (Wildman–Crippen MR) is 70.1 cm³/mol. The van der Waals surface area contributed by atoms with Crippen molar-refractivity contribution in [3.8, 4) is 11.5 Å². The van der Waals surface area contributed by atoms with Crippen molar-refractivity contribution < 1.29 is 17.9 Å². The molecule has 0 spiro atoms. The van der Waals surface area contributed by atoms with Crippen LogP contribution in [0, 0.1) is 0 Å². The van der Waals surface area contributed by atoms with Crippen LogP contribution in [-0.2, 0) is 6.18 Å². The van der Waals surface area contributed by atoms with E-state index in [4.69, 9.17) is 10.5 Å². The van der Waals surface area contributed by atoms with Crippen molar-refractivity contribution >= 4 is 21.6 Å². The molecule has 0 atom stereocenters. The molecule has 19 heavy (non-hydrogen) atoms. The summed E-state index contributed by atoms with van der Waals surface area (Å²) in [6.07, 6.45) is -4.52. The second-order valence-electron chi connectivity index (χ2n) is 3.79. The summed E-state index contributed by atoms with van der Waals surface area (Å²) in [7, 11) is 0. The Labute approximate surface area is 116 Å². The van der Waals surface area contributed by atoms with E-state index in [0.717, 1.165) is 6.07 Å². The monoisotopic (exact) mass is 331 g/mol. The molecule has 2 nitrogen and oxygen atoms in total. The molecule has 2 aromatic carbocycles. The van der Waals surface area contributed by atoms with Crippen molar-refractivity contribution in [3.05, 3.63) is 52.5 Å². The Morgan fingerprint density at radius 1 is 1.00 bits per heavy atom. The lowest BCUT2D eigenvalue weighted by Gasteiger charge is -2.15. The summed E-state index contributed by atoms with van der Waals surface area (Å²) in [5.41, 5.74) is 4.52. The van der Waals surface area contributed by atoms with Crippen LogP contribution in [0.15, 0.2) is 46.9 Å². The Kier molecular flexibility index (Phi) is 3.71. The van der Waals surface area contributed by atoms with Crippen LogP contribution in [0.4, 0.5) is 18.9 Å². The van der Waals surface area contributed by atoms with E-state index in [0.29, 0.717) is 10.2 Å². The van der Waals surface area contributed by atoms with Gasteiger partial charge in [-0.2, -0.15) is 13.2 Å². The molecular formula is C13H9BrF3NO.